The Morgan fingerprint density at radius 1 is 1.59 bits per heavy atom. The number of hydrogen-bond acceptors (Lipinski definition) is 3. The molecular weight excluding hydrogens is 302 g/mol. The van der Waals surface area contributed by atoms with E-state index in [2.05, 4.69) is 15.9 Å². The van der Waals surface area contributed by atoms with Gasteiger partial charge in [0, 0.05) is 19.2 Å². The van der Waals surface area contributed by atoms with Gasteiger partial charge in [-0.25, -0.2) is 0 Å². The summed E-state index contributed by atoms with van der Waals surface area (Å²) in [7, 11) is 1.79. The van der Waals surface area contributed by atoms with Crippen molar-refractivity contribution in [3.05, 3.63) is 44.4 Å². The smallest absolute Gasteiger partial charge is 0.264 e. The first kappa shape index (κ1) is 12.4. The normalized spacial score (nSPS) is 10.5. The van der Waals surface area contributed by atoms with Crippen LogP contribution in [0.2, 0.25) is 0 Å². The van der Waals surface area contributed by atoms with Crippen LogP contribution in [0.5, 0.6) is 0 Å². The standard InChI is InChI=1S/C12H12BrNO2S/c1-8-5-10(17-11(8)13)12(15)14(2)6-9-3-4-16-7-9/h3-5,7H,6H2,1-2H3. The first-order valence-corrected chi connectivity index (χ1v) is 6.71. The summed E-state index contributed by atoms with van der Waals surface area (Å²) in [5.74, 6) is 0.0324. The second kappa shape index (κ2) is 5.06. The van der Waals surface area contributed by atoms with Crippen LogP contribution in [-0.4, -0.2) is 17.9 Å². The van der Waals surface area contributed by atoms with Crippen LogP contribution >= 0.6 is 27.3 Å². The summed E-state index contributed by atoms with van der Waals surface area (Å²) in [5.41, 5.74) is 2.09. The number of aryl methyl sites for hydroxylation is 1. The highest BCUT2D eigenvalue weighted by Gasteiger charge is 2.16. The molecule has 0 aromatic carbocycles. The molecule has 0 aliphatic heterocycles. The second-order valence-electron chi connectivity index (χ2n) is 3.86. The molecule has 0 spiro atoms. The van der Waals surface area contributed by atoms with E-state index in [9.17, 15) is 4.79 Å². The number of nitrogens with zero attached hydrogens (tertiary/aromatic N) is 1. The van der Waals surface area contributed by atoms with Gasteiger partial charge in [0.1, 0.15) is 0 Å². The largest absolute Gasteiger partial charge is 0.472 e. The summed E-state index contributed by atoms with van der Waals surface area (Å²) in [6.45, 7) is 2.54. The zero-order chi connectivity index (χ0) is 12.4. The van der Waals surface area contributed by atoms with Crippen LogP contribution in [0.15, 0.2) is 32.9 Å². The van der Waals surface area contributed by atoms with Gasteiger partial charge in [-0.2, -0.15) is 0 Å². The predicted octanol–water partition coefficient (Wildman–Crippen LogP) is 3.68. The third-order valence-corrected chi connectivity index (χ3v) is 4.54. The van der Waals surface area contributed by atoms with E-state index in [1.807, 2.05) is 19.1 Å². The maximum atomic E-state index is 12.1. The van der Waals surface area contributed by atoms with Gasteiger partial charge in [0.15, 0.2) is 0 Å². The fraction of sp³-hybridized carbons (Fsp3) is 0.250. The van der Waals surface area contributed by atoms with Gasteiger partial charge in [0.05, 0.1) is 21.2 Å². The maximum Gasteiger partial charge on any atom is 0.264 e. The predicted molar refractivity (Wildman–Crippen MR) is 71.3 cm³/mol. The number of rotatable bonds is 3. The van der Waals surface area contributed by atoms with Crippen molar-refractivity contribution < 1.29 is 9.21 Å². The Kier molecular flexibility index (Phi) is 3.69. The third-order valence-electron chi connectivity index (χ3n) is 2.41. The second-order valence-corrected chi connectivity index (χ2v) is 6.23. The summed E-state index contributed by atoms with van der Waals surface area (Å²) >= 11 is 4.89. The van der Waals surface area contributed by atoms with Gasteiger partial charge in [-0.05, 0) is 40.5 Å². The van der Waals surface area contributed by atoms with Crippen molar-refractivity contribution in [2.75, 3.05) is 7.05 Å². The highest BCUT2D eigenvalue weighted by atomic mass is 79.9. The molecule has 0 bridgehead atoms. The van der Waals surface area contributed by atoms with Crippen LogP contribution in [0.3, 0.4) is 0 Å². The lowest BCUT2D eigenvalue weighted by atomic mass is 10.3. The van der Waals surface area contributed by atoms with E-state index in [0.29, 0.717) is 6.54 Å². The molecule has 0 saturated carbocycles. The molecule has 2 aromatic rings. The number of thiophene rings is 1. The zero-order valence-electron chi connectivity index (χ0n) is 9.57. The Morgan fingerprint density at radius 3 is 2.88 bits per heavy atom. The first-order valence-electron chi connectivity index (χ1n) is 5.10. The molecule has 0 atom stereocenters. The number of carbonyl (C=O) groups is 1. The molecule has 0 radical (unpaired) electrons. The highest BCUT2D eigenvalue weighted by molar-refractivity contribution is 9.11. The molecule has 90 valence electrons. The minimum Gasteiger partial charge on any atom is -0.472 e. The van der Waals surface area contributed by atoms with E-state index in [0.717, 1.165) is 19.8 Å². The van der Waals surface area contributed by atoms with Crippen molar-refractivity contribution in [2.45, 2.75) is 13.5 Å². The van der Waals surface area contributed by atoms with Crippen molar-refractivity contribution in [2.24, 2.45) is 0 Å². The van der Waals surface area contributed by atoms with E-state index in [-0.39, 0.29) is 5.91 Å². The van der Waals surface area contributed by atoms with Crippen LogP contribution in [0.25, 0.3) is 0 Å². The molecule has 2 aromatic heterocycles. The van der Waals surface area contributed by atoms with Crippen LogP contribution < -0.4 is 0 Å². The van der Waals surface area contributed by atoms with Gasteiger partial charge in [0.25, 0.3) is 5.91 Å². The lowest BCUT2D eigenvalue weighted by Gasteiger charge is -2.14. The minimum absolute atomic E-state index is 0.0324. The van der Waals surface area contributed by atoms with Crippen LogP contribution in [0.4, 0.5) is 0 Å². The molecule has 17 heavy (non-hydrogen) atoms. The molecule has 2 rings (SSSR count). The van der Waals surface area contributed by atoms with Crippen molar-refractivity contribution in [3.63, 3.8) is 0 Å². The molecule has 1 amide bonds. The molecule has 0 fully saturated rings. The van der Waals surface area contributed by atoms with E-state index in [4.69, 9.17) is 4.42 Å². The molecule has 2 heterocycles. The van der Waals surface area contributed by atoms with Gasteiger partial charge in [0.2, 0.25) is 0 Å². The van der Waals surface area contributed by atoms with E-state index in [1.165, 1.54) is 11.3 Å². The molecule has 0 N–H and O–H groups in total. The van der Waals surface area contributed by atoms with Crippen LogP contribution in [0.1, 0.15) is 20.8 Å². The van der Waals surface area contributed by atoms with Gasteiger partial charge >= 0.3 is 0 Å². The minimum atomic E-state index is 0.0324. The lowest BCUT2D eigenvalue weighted by molar-refractivity contribution is 0.0789. The van der Waals surface area contributed by atoms with Crippen molar-refractivity contribution in [1.29, 1.82) is 0 Å². The lowest BCUT2D eigenvalue weighted by Crippen LogP contribution is -2.25. The fourth-order valence-corrected chi connectivity index (χ4v) is 3.01. The molecule has 0 aliphatic carbocycles. The van der Waals surface area contributed by atoms with E-state index < -0.39 is 0 Å². The fourth-order valence-electron chi connectivity index (χ4n) is 1.48. The Bertz CT molecular complexity index is 499. The number of furan rings is 1. The Labute approximate surface area is 112 Å². The van der Waals surface area contributed by atoms with Crippen molar-refractivity contribution >= 4 is 33.2 Å². The zero-order valence-corrected chi connectivity index (χ0v) is 12.0. The monoisotopic (exact) mass is 313 g/mol. The van der Waals surface area contributed by atoms with Gasteiger partial charge in [-0.1, -0.05) is 0 Å². The molecule has 0 aliphatic rings. The number of hydrogen-bond donors (Lipinski definition) is 0. The number of carbonyl (C=O) groups excluding carboxylic acids is 1. The van der Waals surface area contributed by atoms with Gasteiger partial charge < -0.3 is 9.32 Å². The molecule has 0 saturated heterocycles. The SMILES string of the molecule is Cc1cc(C(=O)N(C)Cc2ccoc2)sc1Br. The molecule has 5 heteroatoms. The first-order chi connectivity index (χ1) is 8.08. The van der Waals surface area contributed by atoms with Crippen molar-refractivity contribution in [3.8, 4) is 0 Å². The Morgan fingerprint density at radius 2 is 2.35 bits per heavy atom. The summed E-state index contributed by atoms with van der Waals surface area (Å²) in [5, 5.41) is 0. The molecule has 0 unspecified atom stereocenters. The third kappa shape index (κ3) is 2.79. The molecular formula is C12H12BrNO2S. The summed E-state index contributed by atoms with van der Waals surface area (Å²) in [6, 6.07) is 3.77. The Hall–Kier alpha value is -1.07. The summed E-state index contributed by atoms with van der Waals surface area (Å²) < 4.78 is 5.99. The molecule has 3 nitrogen and oxygen atoms in total. The van der Waals surface area contributed by atoms with Crippen LogP contribution in [-0.2, 0) is 6.54 Å². The quantitative estimate of drug-likeness (QED) is 0.866. The highest BCUT2D eigenvalue weighted by Crippen LogP contribution is 2.28. The average molecular weight is 314 g/mol. The topological polar surface area (TPSA) is 33.5 Å². The maximum absolute atomic E-state index is 12.1. The van der Waals surface area contributed by atoms with Gasteiger partial charge in [-0.15, -0.1) is 11.3 Å². The van der Waals surface area contributed by atoms with E-state index in [1.54, 1.807) is 24.5 Å². The summed E-state index contributed by atoms with van der Waals surface area (Å²) in [4.78, 5) is 14.6. The van der Waals surface area contributed by atoms with Crippen LogP contribution in [0, 0.1) is 6.92 Å². The van der Waals surface area contributed by atoms with E-state index >= 15 is 0 Å². The summed E-state index contributed by atoms with van der Waals surface area (Å²) in [6.07, 6.45) is 3.26. The van der Waals surface area contributed by atoms with Crippen molar-refractivity contribution in [1.82, 2.24) is 4.90 Å². The average Bonchev–Trinajstić information content (AvgIpc) is 2.89. The number of amides is 1. The number of halogens is 1. The van der Waals surface area contributed by atoms with Gasteiger partial charge in [-0.3, -0.25) is 4.79 Å². The Balaban J connectivity index is 2.09.